The van der Waals surface area contributed by atoms with Crippen molar-refractivity contribution in [3.05, 3.63) is 11.7 Å². The molecular formula is C7H13N5O2. The smallest absolute Gasteiger partial charge is 0.188 e. The van der Waals surface area contributed by atoms with Gasteiger partial charge in [-0.15, -0.1) is 0 Å². The van der Waals surface area contributed by atoms with Gasteiger partial charge >= 0.3 is 0 Å². The molecule has 0 bridgehead atoms. The third-order valence-corrected chi connectivity index (χ3v) is 1.68. The average molecular weight is 199 g/mol. The Morgan fingerprint density at radius 1 is 1.29 bits per heavy atom. The highest BCUT2D eigenvalue weighted by molar-refractivity contribution is 5.75. The minimum atomic E-state index is -0.135. The van der Waals surface area contributed by atoms with E-state index < -0.39 is 0 Å². The molecule has 0 aliphatic heterocycles. The Morgan fingerprint density at radius 3 is 2.50 bits per heavy atom. The molecule has 14 heavy (non-hydrogen) atoms. The van der Waals surface area contributed by atoms with E-state index >= 15 is 0 Å². The molecule has 0 radical (unpaired) electrons. The largest absolute Gasteiger partial charge is 0.427 e. The van der Waals surface area contributed by atoms with E-state index in [9.17, 15) is 5.21 Å². The molecule has 1 heterocycles. The van der Waals surface area contributed by atoms with Crippen LogP contribution >= 0.6 is 0 Å². The van der Waals surface area contributed by atoms with Crippen molar-refractivity contribution in [3.8, 4) is 0 Å². The van der Waals surface area contributed by atoms with Crippen LogP contribution in [0.3, 0.4) is 0 Å². The van der Waals surface area contributed by atoms with Gasteiger partial charge in [0.05, 0.1) is 30.7 Å². The highest BCUT2D eigenvalue weighted by Crippen LogP contribution is 2.16. The van der Waals surface area contributed by atoms with Crippen molar-refractivity contribution in [3.63, 3.8) is 0 Å². The molecule has 0 spiro atoms. The zero-order chi connectivity index (χ0) is 10.7. The second-order valence-corrected chi connectivity index (χ2v) is 2.69. The Kier molecular flexibility index (Phi) is 2.82. The minimum absolute atomic E-state index is 0.0887. The lowest BCUT2D eigenvalue weighted by Gasteiger charge is -2.07. The van der Waals surface area contributed by atoms with Crippen LogP contribution in [0.5, 0.6) is 0 Å². The van der Waals surface area contributed by atoms with Gasteiger partial charge in [0.25, 0.3) is 0 Å². The number of nitrogens with two attached hydrogens (primary N) is 3. The summed E-state index contributed by atoms with van der Waals surface area (Å²) >= 11 is 0. The lowest BCUT2D eigenvalue weighted by molar-refractivity contribution is 0.172. The molecule has 0 aliphatic rings. The first-order chi connectivity index (χ1) is 6.57. The molecule has 0 aromatic carbocycles. The predicted molar refractivity (Wildman–Crippen MR) is 52.4 cm³/mol. The topological polar surface area (TPSA) is 136 Å². The van der Waals surface area contributed by atoms with Gasteiger partial charge in [0.1, 0.15) is 5.69 Å². The molecule has 78 valence electrons. The maximum Gasteiger partial charge on any atom is 0.188 e. The maximum absolute atomic E-state index is 9.35. The number of nitrogen functional groups attached to an aromatic ring is 3. The van der Waals surface area contributed by atoms with E-state index in [1.807, 2.05) is 0 Å². The Labute approximate surface area is 80.0 Å². The average Bonchev–Trinajstić information content (AvgIpc) is 2.14. The van der Waals surface area contributed by atoms with Crippen molar-refractivity contribution in [1.29, 1.82) is 0 Å². The fraction of sp³-hybridized carbons (Fsp3) is 0.286. The number of nitrogens with zero attached hydrogens (tertiary/aromatic N) is 2. The molecular weight excluding hydrogens is 186 g/mol. The number of hydrogen-bond acceptors (Lipinski definition) is 6. The molecule has 0 unspecified atom stereocenters. The molecule has 0 fully saturated rings. The summed E-state index contributed by atoms with van der Waals surface area (Å²) in [7, 11) is 0. The first-order valence-corrected chi connectivity index (χ1v) is 3.94. The molecule has 0 atom stereocenters. The third kappa shape index (κ3) is 1.72. The van der Waals surface area contributed by atoms with E-state index in [0.717, 1.165) is 0 Å². The Morgan fingerprint density at radius 2 is 1.93 bits per heavy atom. The van der Waals surface area contributed by atoms with Crippen molar-refractivity contribution in [1.82, 2.24) is 4.73 Å². The summed E-state index contributed by atoms with van der Waals surface area (Å²) < 4.78 is 0.677. The van der Waals surface area contributed by atoms with Crippen LogP contribution in [0.4, 0.5) is 17.1 Å². The normalized spacial score (nSPS) is 11.9. The van der Waals surface area contributed by atoms with E-state index in [2.05, 4.69) is 4.99 Å². The lowest BCUT2D eigenvalue weighted by Crippen LogP contribution is -2.25. The summed E-state index contributed by atoms with van der Waals surface area (Å²) in [5, 5.41) is 17.9. The van der Waals surface area contributed by atoms with Crippen LogP contribution < -0.4 is 22.7 Å². The van der Waals surface area contributed by atoms with Gasteiger partial charge in [-0.1, -0.05) is 0 Å². The molecule has 0 aliphatic carbocycles. The van der Waals surface area contributed by atoms with Crippen molar-refractivity contribution in [2.75, 3.05) is 30.4 Å². The number of aromatic nitrogens is 1. The van der Waals surface area contributed by atoms with Gasteiger partial charge in [-0.2, -0.15) is 4.73 Å². The van der Waals surface area contributed by atoms with Crippen LogP contribution in [-0.2, 0) is 0 Å². The summed E-state index contributed by atoms with van der Waals surface area (Å²) in [6, 6.07) is 0. The Bertz CT molecular complexity index is 398. The van der Waals surface area contributed by atoms with Crippen LogP contribution in [-0.4, -0.2) is 28.2 Å². The molecule has 1 aromatic rings. The number of pyridine rings is 1. The van der Waals surface area contributed by atoms with Gasteiger partial charge in [-0.25, -0.2) is 0 Å². The highest BCUT2D eigenvalue weighted by Gasteiger charge is 2.05. The first kappa shape index (κ1) is 10.2. The second-order valence-electron chi connectivity index (χ2n) is 2.69. The first-order valence-electron chi connectivity index (χ1n) is 3.94. The molecule has 1 rings (SSSR count). The second kappa shape index (κ2) is 3.88. The van der Waals surface area contributed by atoms with E-state index in [1.54, 1.807) is 0 Å². The van der Waals surface area contributed by atoms with Crippen LogP contribution in [0.2, 0.25) is 0 Å². The quantitative estimate of drug-likeness (QED) is 0.364. The van der Waals surface area contributed by atoms with Gasteiger partial charge in [0, 0.05) is 0 Å². The minimum Gasteiger partial charge on any atom is -0.427 e. The number of rotatable bonds is 2. The SMILES string of the molecule is Nc1cn(O)c(=NCCO)c(N)c1N. The Hall–Kier alpha value is -1.89. The Balaban J connectivity index is 3.36. The highest BCUT2D eigenvalue weighted by atomic mass is 16.5. The fourth-order valence-electron chi connectivity index (χ4n) is 0.975. The van der Waals surface area contributed by atoms with Crippen molar-refractivity contribution < 1.29 is 10.3 Å². The van der Waals surface area contributed by atoms with E-state index in [-0.39, 0.29) is 35.7 Å². The van der Waals surface area contributed by atoms with Crippen LogP contribution in [0.25, 0.3) is 0 Å². The molecule has 0 saturated carbocycles. The standard InChI is InChI=1S/C7H13N5O2/c8-4-3-12(14)7(11-1-2-13)6(10)5(4)9/h3,13-14H,1-2,8-10H2. The molecule has 0 saturated heterocycles. The van der Waals surface area contributed by atoms with Crippen LogP contribution in [0.15, 0.2) is 11.2 Å². The van der Waals surface area contributed by atoms with Gasteiger partial charge in [-0.3, -0.25) is 4.99 Å². The number of anilines is 3. The van der Waals surface area contributed by atoms with E-state index in [4.69, 9.17) is 22.3 Å². The van der Waals surface area contributed by atoms with Gasteiger partial charge in [0.2, 0.25) is 0 Å². The van der Waals surface area contributed by atoms with Crippen molar-refractivity contribution in [2.24, 2.45) is 4.99 Å². The van der Waals surface area contributed by atoms with Gasteiger partial charge in [0.15, 0.2) is 5.49 Å². The van der Waals surface area contributed by atoms with E-state index in [1.165, 1.54) is 6.20 Å². The monoisotopic (exact) mass is 199 g/mol. The molecule has 8 N–H and O–H groups in total. The maximum atomic E-state index is 9.35. The zero-order valence-electron chi connectivity index (χ0n) is 7.51. The summed E-state index contributed by atoms with van der Waals surface area (Å²) in [5.74, 6) is 0. The number of aliphatic hydroxyl groups is 1. The van der Waals surface area contributed by atoms with Crippen molar-refractivity contribution in [2.45, 2.75) is 0 Å². The van der Waals surface area contributed by atoms with Gasteiger partial charge in [-0.05, 0) is 0 Å². The fourth-order valence-corrected chi connectivity index (χ4v) is 0.975. The third-order valence-electron chi connectivity index (χ3n) is 1.68. The summed E-state index contributed by atoms with van der Waals surface area (Å²) in [6.45, 7) is -0.00214. The molecule has 7 nitrogen and oxygen atoms in total. The summed E-state index contributed by atoms with van der Waals surface area (Å²) in [5.41, 5.74) is 17.1. The lowest BCUT2D eigenvalue weighted by atomic mass is 10.3. The molecule has 7 heteroatoms. The summed E-state index contributed by atoms with van der Waals surface area (Å²) in [6.07, 6.45) is 1.20. The number of hydrogen-bond donors (Lipinski definition) is 5. The molecule has 1 aromatic heterocycles. The van der Waals surface area contributed by atoms with Crippen LogP contribution in [0.1, 0.15) is 0 Å². The van der Waals surface area contributed by atoms with Crippen LogP contribution in [0, 0.1) is 0 Å². The van der Waals surface area contributed by atoms with E-state index in [0.29, 0.717) is 4.73 Å². The van der Waals surface area contributed by atoms with Crippen molar-refractivity contribution >= 4 is 17.1 Å². The molecule has 0 amide bonds. The zero-order valence-corrected chi connectivity index (χ0v) is 7.51. The number of aliphatic hydroxyl groups excluding tert-OH is 1. The summed E-state index contributed by atoms with van der Waals surface area (Å²) in [4.78, 5) is 3.83. The predicted octanol–water partition coefficient (Wildman–Crippen LogP) is -1.63. The van der Waals surface area contributed by atoms with Gasteiger partial charge < -0.3 is 27.5 Å².